The average molecular weight is 414 g/mol. The predicted molar refractivity (Wildman–Crippen MR) is 119 cm³/mol. The monoisotopic (exact) mass is 414 g/mol. The predicted octanol–water partition coefficient (Wildman–Crippen LogP) is 4.27. The fourth-order valence-electron chi connectivity index (χ4n) is 3.51. The quantitative estimate of drug-likeness (QED) is 0.510. The first-order valence-corrected chi connectivity index (χ1v) is 9.79. The van der Waals surface area contributed by atoms with E-state index in [-0.39, 0.29) is 11.9 Å². The van der Waals surface area contributed by atoms with Crippen LogP contribution in [-0.2, 0) is 9.53 Å². The van der Waals surface area contributed by atoms with Crippen LogP contribution in [0, 0.1) is 17.8 Å². The van der Waals surface area contributed by atoms with E-state index in [1.807, 2.05) is 48.8 Å². The van der Waals surface area contributed by atoms with E-state index in [0.717, 1.165) is 33.3 Å². The number of nitrogens with zero attached hydrogens (tertiary/aromatic N) is 1. The molecule has 0 bridgehead atoms. The zero-order valence-electron chi connectivity index (χ0n) is 17.6. The molecule has 0 saturated heterocycles. The number of hydrogen-bond acceptors (Lipinski definition) is 5. The summed E-state index contributed by atoms with van der Waals surface area (Å²) in [7, 11) is 4.62. The van der Waals surface area contributed by atoms with Gasteiger partial charge < -0.3 is 19.2 Å². The van der Waals surface area contributed by atoms with Crippen LogP contribution in [0.15, 0.2) is 60.5 Å². The van der Waals surface area contributed by atoms with Gasteiger partial charge in [-0.25, -0.2) is 4.98 Å². The van der Waals surface area contributed by atoms with E-state index >= 15 is 0 Å². The molecule has 1 atom stereocenters. The van der Waals surface area contributed by atoms with Crippen molar-refractivity contribution < 1.29 is 19.0 Å². The molecule has 0 spiro atoms. The highest BCUT2D eigenvalue weighted by molar-refractivity contribution is 5.87. The van der Waals surface area contributed by atoms with E-state index < -0.39 is 0 Å². The summed E-state index contributed by atoms with van der Waals surface area (Å²) in [5.41, 5.74) is 4.40. The number of hydrogen-bond donors (Lipinski definition) is 1. The normalized spacial score (nSPS) is 15.1. The van der Waals surface area contributed by atoms with Crippen molar-refractivity contribution in [3.8, 4) is 34.5 Å². The zero-order chi connectivity index (χ0) is 21.8. The molecule has 1 aromatic carbocycles. The van der Waals surface area contributed by atoms with Crippen LogP contribution in [-0.4, -0.2) is 37.3 Å². The maximum absolute atomic E-state index is 11.8. The Morgan fingerprint density at radius 1 is 1.10 bits per heavy atom. The Labute approximate surface area is 180 Å². The van der Waals surface area contributed by atoms with Crippen LogP contribution in [0.1, 0.15) is 12.0 Å². The summed E-state index contributed by atoms with van der Waals surface area (Å²) in [5, 5.41) is 0.927. The third kappa shape index (κ3) is 4.17. The van der Waals surface area contributed by atoms with Gasteiger partial charge in [0, 0.05) is 28.9 Å². The molecular weight excluding hydrogens is 392 g/mol. The standard InChI is InChI=1S/C25H22N2O4/c1-29-22-10-9-17(13-23(22)30-2)20-12-21-19(14-26-24(21)27-15-20)8-7-16-5-4-6-18(11-16)25(28)31-3/h4-6,9-10,12-15,18H,11H2,1-3H3,(H,26,27). The van der Waals surface area contributed by atoms with Crippen LogP contribution < -0.4 is 9.47 Å². The molecule has 1 N–H and O–H groups in total. The van der Waals surface area contributed by atoms with E-state index in [4.69, 9.17) is 14.2 Å². The summed E-state index contributed by atoms with van der Waals surface area (Å²) in [6.45, 7) is 0. The van der Waals surface area contributed by atoms with E-state index in [9.17, 15) is 4.79 Å². The average Bonchev–Trinajstić information content (AvgIpc) is 3.24. The number of aromatic nitrogens is 2. The van der Waals surface area contributed by atoms with Crippen LogP contribution in [0.4, 0.5) is 0 Å². The Hall–Kier alpha value is -3.98. The van der Waals surface area contributed by atoms with Gasteiger partial charge in [0.25, 0.3) is 0 Å². The van der Waals surface area contributed by atoms with Crippen molar-refractivity contribution in [3.63, 3.8) is 0 Å². The number of ether oxygens (including phenoxy) is 3. The first-order valence-electron chi connectivity index (χ1n) is 9.79. The van der Waals surface area contributed by atoms with Crippen molar-refractivity contribution in [3.05, 3.63) is 66.0 Å². The lowest BCUT2D eigenvalue weighted by atomic mass is 9.94. The third-order valence-electron chi connectivity index (χ3n) is 5.19. The highest BCUT2D eigenvalue weighted by Crippen LogP contribution is 2.33. The lowest BCUT2D eigenvalue weighted by molar-refractivity contribution is -0.143. The number of allylic oxidation sites excluding steroid dienone is 3. The number of aromatic amines is 1. The van der Waals surface area contributed by atoms with Crippen molar-refractivity contribution in [2.75, 3.05) is 21.3 Å². The molecule has 4 rings (SSSR count). The van der Waals surface area contributed by atoms with Gasteiger partial charge in [-0.2, -0.15) is 0 Å². The SMILES string of the molecule is COC(=O)C1C=CC=C(C#Cc2c[nH]c3ncc(-c4ccc(OC)c(OC)c4)cc23)C1. The maximum atomic E-state index is 11.8. The first kappa shape index (κ1) is 20.3. The smallest absolute Gasteiger partial charge is 0.312 e. The molecule has 2 heterocycles. The summed E-state index contributed by atoms with van der Waals surface area (Å²) in [6.07, 6.45) is 9.80. The highest BCUT2D eigenvalue weighted by Gasteiger charge is 2.19. The molecule has 3 aromatic rings. The second-order valence-electron chi connectivity index (χ2n) is 7.05. The fourth-order valence-corrected chi connectivity index (χ4v) is 3.51. The van der Waals surface area contributed by atoms with Crippen molar-refractivity contribution in [2.45, 2.75) is 6.42 Å². The van der Waals surface area contributed by atoms with Crippen LogP contribution in [0.25, 0.3) is 22.2 Å². The number of rotatable bonds is 4. The van der Waals surface area contributed by atoms with E-state index in [2.05, 4.69) is 27.9 Å². The first-order chi connectivity index (χ1) is 15.1. The number of esters is 1. The summed E-state index contributed by atoms with van der Waals surface area (Å²) in [5.74, 6) is 7.19. The Kier molecular flexibility index (Phi) is 5.76. The minimum Gasteiger partial charge on any atom is -0.493 e. The third-order valence-corrected chi connectivity index (χ3v) is 5.19. The van der Waals surface area contributed by atoms with Crippen molar-refractivity contribution >= 4 is 17.0 Å². The van der Waals surface area contributed by atoms with Gasteiger partial charge in [-0.05, 0) is 30.2 Å². The molecule has 1 aliphatic carbocycles. The number of benzene rings is 1. The van der Waals surface area contributed by atoms with Gasteiger partial charge in [0.2, 0.25) is 0 Å². The number of carbonyl (C=O) groups excluding carboxylic acids is 1. The number of nitrogens with one attached hydrogen (secondary N) is 1. The molecule has 1 aliphatic rings. The molecule has 0 fully saturated rings. The maximum Gasteiger partial charge on any atom is 0.312 e. The Balaban J connectivity index is 1.65. The Bertz CT molecular complexity index is 1260. The number of carbonyl (C=O) groups is 1. The van der Waals surface area contributed by atoms with Gasteiger partial charge in [-0.3, -0.25) is 4.79 Å². The second kappa shape index (κ2) is 8.80. The van der Waals surface area contributed by atoms with E-state index in [1.54, 1.807) is 14.2 Å². The lowest BCUT2D eigenvalue weighted by Crippen LogP contribution is -2.15. The number of methoxy groups -OCH3 is 3. The second-order valence-corrected chi connectivity index (χ2v) is 7.05. The van der Waals surface area contributed by atoms with E-state index in [1.165, 1.54) is 7.11 Å². The summed E-state index contributed by atoms with van der Waals surface area (Å²) in [4.78, 5) is 19.5. The summed E-state index contributed by atoms with van der Waals surface area (Å²) >= 11 is 0. The van der Waals surface area contributed by atoms with Gasteiger partial charge in [-0.15, -0.1) is 0 Å². The van der Waals surface area contributed by atoms with Crippen molar-refractivity contribution in [1.29, 1.82) is 0 Å². The minimum atomic E-state index is -0.291. The number of H-pyrrole nitrogens is 1. The topological polar surface area (TPSA) is 73.4 Å². The fraction of sp³-hybridized carbons (Fsp3) is 0.200. The molecule has 156 valence electrons. The molecule has 1 unspecified atom stereocenters. The van der Waals surface area contributed by atoms with Crippen molar-refractivity contribution in [2.24, 2.45) is 5.92 Å². The minimum absolute atomic E-state index is 0.250. The Morgan fingerprint density at radius 3 is 2.71 bits per heavy atom. The van der Waals surface area contributed by atoms with Crippen LogP contribution in [0.2, 0.25) is 0 Å². The molecule has 0 saturated carbocycles. The molecule has 2 aromatic heterocycles. The van der Waals surface area contributed by atoms with Gasteiger partial charge in [0.1, 0.15) is 5.65 Å². The lowest BCUT2D eigenvalue weighted by Gasteiger charge is -2.12. The zero-order valence-corrected chi connectivity index (χ0v) is 17.6. The highest BCUT2D eigenvalue weighted by atomic mass is 16.5. The molecular formula is C25H22N2O4. The van der Waals surface area contributed by atoms with Gasteiger partial charge in [0.05, 0.1) is 32.8 Å². The van der Waals surface area contributed by atoms with E-state index in [0.29, 0.717) is 17.9 Å². The molecule has 6 heteroatoms. The molecule has 31 heavy (non-hydrogen) atoms. The summed E-state index contributed by atoms with van der Waals surface area (Å²) < 4.78 is 15.6. The molecule has 0 aliphatic heterocycles. The number of pyridine rings is 1. The van der Waals surface area contributed by atoms with Gasteiger partial charge in [-0.1, -0.05) is 36.1 Å². The number of fused-ring (bicyclic) bond motifs is 1. The van der Waals surface area contributed by atoms with Gasteiger partial charge >= 0.3 is 5.97 Å². The van der Waals surface area contributed by atoms with Crippen LogP contribution in [0.3, 0.4) is 0 Å². The van der Waals surface area contributed by atoms with Gasteiger partial charge in [0.15, 0.2) is 11.5 Å². The molecule has 0 amide bonds. The van der Waals surface area contributed by atoms with Crippen molar-refractivity contribution in [1.82, 2.24) is 9.97 Å². The summed E-state index contributed by atoms with van der Waals surface area (Å²) in [6, 6.07) is 7.81. The Morgan fingerprint density at radius 2 is 1.94 bits per heavy atom. The largest absolute Gasteiger partial charge is 0.493 e. The van der Waals surface area contributed by atoms with Crippen LogP contribution in [0.5, 0.6) is 11.5 Å². The molecule has 6 nitrogen and oxygen atoms in total. The van der Waals surface area contributed by atoms with Crippen LogP contribution >= 0.6 is 0 Å². The molecule has 0 radical (unpaired) electrons.